The highest BCUT2D eigenvalue weighted by atomic mass is 28.3. The van der Waals surface area contributed by atoms with E-state index in [2.05, 4.69) is 45.1 Å². The Labute approximate surface area is 156 Å². The first kappa shape index (κ1) is 24.2. The number of nitrogens with zero attached hydrogens (tertiary/aromatic N) is 1. The van der Waals surface area contributed by atoms with Gasteiger partial charge in [0, 0.05) is 6.04 Å². The second kappa shape index (κ2) is 15.4. The molecule has 146 valence electrons. The van der Waals surface area contributed by atoms with Crippen molar-refractivity contribution in [2.24, 2.45) is 0 Å². The minimum absolute atomic E-state index is 0.772. The maximum atomic E-state index is 2.66. The van der Waals surface area contributed by atoms with Crippen molar-refractivity contribution >= 4 is 8.24 Å². The van der Waals surface area contributed by atoms with Crippen LogP contribution in [0.25, 0.3) is 0 Å². The summed E-state index contributed by atoms with van der Waals surface area (Å²) >= 11 is 0. The Bertz CT molecular complexity index is 259. The van der Waals surface area contributed by atoms with Crippen molar-refractivity contribution in [2.45, 2.75) is 136 Å². The van der Waals surface area contributed by atoms with Crippen LogP contribution in [0.4, 0.5) is 0 Å². The molecule has 0 heterocycles. The lowest BCUT2D eigenvalue weighted by molar-refractivity contribution is 0.360. The van der Waals surface area contributed by atoms with Crippen molar-refractivity contribution in [3.63, 3.8) is 0 Å². The van der Waals surface area contributed by atoms with E-state index in [4.69, 9.17) is 0 Å². The van der Waals surface area contributed by atoms with E-state index in [0.717, 1.165) is 6.04 Å². The second-order valence-corrected chi connectivity index (χ2v) is 14.1. The molecule has 0 aromatic carbocycles. The van der Waals surface area contributed by atoms with Crippen LogP contribution in [0.3, 0.4) is 0 Å². The van der Waals surface area contributed by atoms with Gasteiger partial charge in [0.25, 0.3) is 0 Å². The molecule has 0 spiro atoms. The fourth-order valence-electron chi connectivity index (χ4n) is 3.49. The largest absolute Gasteiger partial charge is 0.324 e. The molecule has 0 aliphatic heterocycles. The molecule has 1 atom stereocenters. The van der Waals surface area contributed by atoms with Crippen LogP contribution in [-0.4, -0.2) is 25.9 Å². The average molecular weight is 356 g/mol. The first-order valence-corrected chi connectivity index (χ1v) is 14.6. The van der Waals surface area contributed by atoms with Crippen molar-refractivity contribution < 1.29 is 0 Å². The van der Waals surface area contributed by atoms with Crippen LogP contribution in [0, 0.1) is 0 Å². The summed E-state index contributed by atoms with van der Waals surface area (Å²) < 4.78 is 2.66. The molecule has 2 heteroatoms. The summed E-state index contributed by atoms with van der Waals surface area (Å²) in [5.74, 6) is 0. The summed E-state index contributed by atoms with van der Waals surface area (Å²) in [4.78, 5) is 0. The average Bonchev–Trinajstić information content (AvgIpc) is 2.53. The maximum Gasteiger partial charge on any atom is 0.119 e. The van der Waals surface area contributed by atoms with E-state index in [1.54, 1.807) is 0 Å². The molecule has 0 N–H and O–H groups in total. The molecule has 0 aliphatic rings. The Balaban J connectivity index is 3.26. The molecule has 0 saturated heterocycles. The topological polar surface area (TPSA) is 3.24 Å². The number of rotatable bonds is 17. The molecule has 1 nitrogen and oxygen atoms in total. The normalized spacial score (nSPS) is 13.6. The monoisotopic (exact) mass is 355 g/mol. The molecular formula is C22H49NSi. The Hall–Kier alpha value is 0.177. The molecule has 0 radical (unpaired) electrons. The molecule has 0 aromatic heterocycles. The van der Waals surface area contributed by atoms with Gasteiger partial charge < -0.3 is 4.57 Å². The Kier molecular flexibility index (Phi) is 15.5. The molecule has 0 amide bonds. The second-order valence-electron chi connectivity index (χ2n) is 9.02. The van der Waals surface area contributed by atoms with Crippen LogP contribution >= 0.6 is 0 Å². The van der Waals surface area contributed by atoms with Gasteiger partial charge in [-0.1, -0.05) is 123 Å². The summed E-state index contributed by atoms with van der Waals surface area (Å²) in [7, 11) is 1.24. The lowest BCUT2D eigenvalue weighted by atomic mass is 10.0. The zero-order chi connectivity index (χ0) is 18.3. The van der Waals surface area contributed by atoms with Crippen LogP contribution in [0.1, 0.15) is 110 Å². The first-order chi connectivity index (χ1) is 11.4. The molecule has 0 saturated carbocycles. The van der Waals surface area contributed by atoms with Gasteiger partial charge in [0.05, 0.1) is 0 Å². The van der Waals surface area contributed by atoms with Gasteiger partial charge in [-0.2, -0.15) is 0 Å². The van der Waals surface area contributed by atoms with Crippen LogP contribution in [0.15, 0.2) is 0 Å². The van der Waals surface area contributed by atoms with Gasteiger partial charge in [0.15, 0.2) is 0 Å². The Morgan fingerprint density at radius 2 is 0.958 bits per heavy atom. The first-order valence-electron chi connectivity index (χ1n) is 11.1. The minimum Gasteiger partial charge on any atom is -0.324 e. The third kappa shape index (κ3) is 14.5. The van der Waals surface area contributed by atoms with Gasteiger partial charge in [-0.05, 0) is 13.5 Å². The van der Waals surface area contributed by atoms with Crippen LogP contribution < -0.4 is 0 Å². The molecule has 1 unspecified atom stereocenters. The molecule has 0 aliphatic carbocycles. The van der Waals surface area contributed by atoms with E-state index in [1.807, 2.05) is 0 Å². The highest BCUT2D eigenvalue weighted by Gasteiger charge is 2.23. The maximum absolute atomic E-state index is 2.66. The lowest BCUT2D eigenvalue weighted by Gasteiger charge is -2.35. The molecular weight excluding hydrogens is 306 g/mol. The zero-order valence-electron chi connectivity index (χ0n) is 18.1. The fourth-order valence-corrected chi connectivity index (χ4v) is 4.94. The molecule has 0 aromatic rings. The summed E-state index contributed by atoms with van der Waals surface area (Å²) in [5.41, 5.74) is 0. The predicted octanol–water partition coefficient (Wildman–Crippen LogP) is 8.01. The van der Waals surface area contributed by atoms with Crippen LogP contribution in [0.2, 0.25) is 19.6 Å². The highest BCUT2D eigenvalue weighted by molar-refractivity contribution is 6.73. The van der Waals surface area contributed by atoms with Crippen molar-refractivity contribution in [1.29, 1.82) is 0 Å². The third-order valence-corrected chi connectivity index (χ3v) is 8.25. The number of hydrogen-bond acceptors (Lipinski definition) is 1. The van der Waals surface area contributed by atoms with Crippen LogP contribution in [0.5, 0.6) is 0 Å². The van der Waals surface area contributed by atoms with E-state index in [9.17, 15) is 0 Å². The number of unbranched alkanes of at least 4 members (excludes halogenated alkanes) is 13. The zero-order valence-corrected chi connectivity index (χ0v) is 19.1. The van der Waals surface area contributed by atoms with Crippen molar-refractivity contribution in [3.05, 3.63) is 0 Å². The summed E-state index contributed by atoms with van der Waals surface area (Å²) in [6.45, 7) is 12.1. The Morgan fingerprint density at radius 3 is 1.29 bits per heavy atom. The van der Waals surface area contributed by atoms with E-state index in [1.165, 1.54) is 96.3 Å². The summed E-state index contributed by atoms with van der Waals surface area (Å²) in [5, 5.41) is 0. The molecule has 0 bridgehead atoms. The van der Waals surface area contributed by atoms with Gasteiger partial charge in [-0.15, -0.1) is 0 Å². The predicted molar refractivity (Wildman–Crippen MR) is 116 cm³/mol. The van der Waals surface area contributed by atoms with Gasteiger partial charge in [0.2, 0.25) is 0 Å². The van der Waals surface area contributed by atoms with Crippen molar-refractivity contribution in [2.75, 3.05) is 7.05 Å². The molecule has 0 fully saturated rings. The lowest BCUT2D eigenvalue weighted by Crippen LogP contribution is -2.48. The highest BCUT2D eigenvalue weighted by Crippen LogP contribution is 2.17. The minimum atomic E-state index is -1.10. The summed E-state index contributed by atoms with van der Waals surface area (Å²) in [6.07, 6.45) is 21.8. The van der Waals surface area contributed by atoms with Crippen LogP contribution in [-0.2, 0) is 0 Å². The smallest absolute Gasteiger partial charge is 0.119 e. The van der Waals surface area contributed by atoms with Gasteiger partial charge in [-0.25, -0.2) is 0 Å². The quantitative estimate of drug-likeness (QED) is 0.188. The van der Waals surface area contributed by atoms with Crippen molar-refractivity contribution in [1.82, 2.24) is 4.57 Å². The van der Waals surface area contributed by atoms with Gasteiger partial charge in [-0.3, -0.25) is 0 Å². The molecule has 24 heavy (non-hydrogen) atoms. The standard InChI is InChI=1S/C22H49NSi/c1-7-8-9-10-11-12-13-14-15-16-17-18-19-20-21-22(2)23(3)24(4,5)6/h22H,7-21H2,1-6H3. The van der Waals surface area contributed by atoms with Gasteiger partial charge >= 0.3 is 0 Å². The summed E-state index contributed by atoms with van der Waals surface area (Å²) in [6, 6.07) is 0.772. The fraction of sp³-hybridized carbons (Fsp3) is 1.00. The third-order valence-electron chi connectivity index (χ3n) is 5.69. The number of hydrogen-bond donors (Lipinski definition) is 0. The van der Waals surface area contributed by atoms with E-state index < -0.39 is 8.24 Å². The van der Waals surface area contributed by atoms with E-state index >= 15 is 0 Å². The van der Waals surface area contributed by atoms with Gasteiger partial charge in [0.1, 0.15) is 8.24 Å². The van der Waals surface area contributed by atoms with E-state index in [0.29, 0.717) is 0 Å². The Morgan fingerprint density at radius 1 is 0.625 bits per heavy atom. The molecule has 0 rings (SSSR count). The SMILES string of the molecule is CCCCCCCCCCCCCCCCC(C)N(C)[Si](C)(C)C. The van der Waals surface area contributed by atoms with Crippen molar-refractivity contribution in [3.8, 4) is 0 Å². The van der Waals surface area contributed by atoms with E-state index in [-0.39, 0.29) is 0 Å².